The second-order valence-corrected chi connectivity index (χ2v) is 11.6. The minimum Gasteiger partial charge on any atom is -0.373 e. The first-order valence-corrected chi connectivity index (χ1v) is 13.5. The van der Waals surface area contributed by atoms with Gasteiger partial charge in [0, 0.05) is 43.8 Å². The molecule has 1 aromatic rings. The summed E-state index contributed by atoms with van der Waals surface area (Å²) in [6.07, 6.45) is 3.55. The zero-order valence-electron chi connectivity index (χ0n) is 19.2. The summed E-state index contributed by atoms with van der Waals surface area (Å²) < 4.78 is 33.9. The number of morpholine rings is 1. The van der Waals surface area contributed by atoms with Crippen molar-refractivity contribution >= 4 is 27.5 Å². The monoisotopic (exact) mass is 483 g/mol. The molecule has 0 aromatic heterocycles. The van der Waals surface area contributed by atoms with Crippen LogP contribution in [0.3, 0.4) is 0 Å². The van der Waals surface area contributed by atoms with Crippen molar-refractivity contribution < 1.29 is 17.9 Å². The summed E-state index contributed by atoms with van der Waals surface area (Å²) >= 11 is 6.35. The fraction of sp³-hybridized carbons (Fsp3) is 0.696. The highest BCUT2D eigenvalue weighted by Gasteiger charge is 2.40. The van der Waals surface area contributed by atoms with Crippen LogP contribution in [0.4, 0.5) is 0 Å². The number of sulfonamides is 1. The number of hydrogen-bond acceptors (Lipinski definition) is 5. The number of likely N-dealkylation sites (tertiary alicyclic amines) is 1. The zero-order valence-corrected chi connectivity index (χ0v) is 20.7. The Kier molecular flexibility index (Phi) is 7.17. The molecule has 3 fully saturated rings. The lowest BCUT2D eigenvalue weighted by Gasteiger charge is -2.38. The van der Waals surface area contributed by atoms with Gasteiger partial charge in [0.05, 0.1) is 17.2 Å². The molecule has 7 nitrogen and oxygen atoms in total. The van der Waals surface area contributed by atoms with Crippen molar-refractivity contribution in [3.05, 3.63) is 28.8 Å². The third-order valence-corrected chi connectivity index (χ3v) is 9.07. The van der Waals surface area contributed by atoms with Crippen LogP contribution >= 0.6 is 11.6 Å². The van der Waals surface area contributed by atoms with Gasteiger partial charge < -0.3 is 14.5 Å². The topological polar surface area (TPSA) is 70.2 Å². The van der Waals surface area contributed by atoms with Gasteiger partial charge in [-0.3, -0.25) is 4.79 Å². The molecule has 3 aliphatic rings. The average molecular weight is 484 g/mol. The molecule has 178 valence electrons. The van der Waals surface area contributed by atoms with Crippen molar-refractivity contribution in [2.24, 2.45) is 0 Å². The van der Waals surface area contributed by atoms with E-state index in [2.05, 4.69) is 11.8 Å². The maximum atomic E-state index is 13.6. The molecule has 2 heterocycles. The van der Waals surface area contributed by atoms with E-state index in [1.807, 2.05) is 18.7 Å². The molecule has 0 spiro atoms. The lowest BCUT2D eigenvalue weighted by Crippen LogP contribution is -2.48. The first-order chi connectivity index (χ1) is 15.2. The van der Waals surface area contributed by atoms with Gasteiger partial charge >= 0.3 is 0 Å². The van der Waals surface area contributed by atoms with Crippen LogP contribution < -0.4 is 0 Å². The molecular weight excluding hydrogens is 450 g/mol. The van der Waals surface area contributed by atoms with Crippen LogP contribution in [0, 0.1) is 0 Å². The van der Waals surface area contributed by atoms with Crippen LogP contribution in [0.25, 0.3) is 0 Å². The number of hydrogen-bond donors (Lipinski definition) is 0. The molecule has 2 saturated heterocycles. The molecule has 4 rings (SSSR count). The summed E-state index contributed by atoms with van der Waals surface area (Å²) in [5.74, 6) is -0.0840. The number of benzene rings is 1. The third-order valence-electron chi connectivity index (χ3n) is 6.75. The second kappa shape index (κ2) is 9.58. The Labute approximate surface area is 196 Å². The fourth-order valence-corrected chi connectivity index (χ4v) is 7.04. The molecule has 1 saturated carbocycles. The zero-order chi connectivity index (χ0) is 23.0. The Morgan fingerprint density at radius 2 is 1.69 bits per heavy atom. The summed E-state index contributed by atoms with van der Waals surface area (Å²) in [6.45, 7) is 9.43. The predicted molar refractivity (Wildman–Crippen MR) is 125 cm³/mol. The standard InChI is InChI=1S/C23H34ClN3O4S/c1-4-25-11-9-20(10-12-25)27(19-6-7-19)23(28)18-5-8-21(24)22(13-18)32(29,30)26-14-16(2)31-17(3)15-26/h5,8,13,16-17,19-20H,4,6-7,9-12,14-15H2,1-3H3. The smallest absolute Gasteiger partial charge is 0.254 e. The van der Waals surface area contributed by atoms with Gasteiger partial charge in [0.15, 0.2) is 0 Å². The lowest BCUT2D eigenvalue weighted by molar-refractivity contribution is -0.0440. The maximum Gasteiger partial charge on any atom is 0.254 e. The third kappa shape index (κ3) is 4.99. The van der Waals surface area contributed by atoms with E-state index in [0.717, 1.165) is 45.3 Å². The van der Waals surface area contributed by atoms with E-state index in [1.54, 1.807) is 12.1 Å². The summed E-state index contributed by atoms with van der Waals surface area (Å²) in [5.41, 5.74) is 0.396. The van der Waals surface area contributed by atoms with Crippen molar-refractivity contribution in [2.45, 2.75) is 75.6 Å². The van der Waals surface area contributed by atoms with Crippen molar-refractivity contribution in [1.29, 1.82) is 0 Å². The molecule has 2 unspecified atom stereocenters. The minimum atomic E-state index is -3.84. The van der Waals surface area contributed by atoms with Crippen molar-refractivity contribution in [3.63, 3.8) is 0 Å². The summed E-state index contributed by atoms with van der Waals surface area (Å²) in [7, 11) is -3.84. The van der Waals surface area contributed by atoms with Gasteiger partial charge in [0.25, 0.3) is 5.91 Å². The van der Waals surface area contributed by atoms with Gasteiger partial charge in [0.2, 0.25) is 10.0 Å². The molecule has 9 heteroatoms. The van der Waals surface area contributed by atoms with E-state index in [9.17, 15) is 13.2 Å². The van der Waals surface area contributed by atoms with E-state index in [4.69, 9.17) is 16.3 Å². The van der Waals surface area contributed by atoms with Crippen LogP contribution in [0.15, 0.2) is 23.1 Å². The molecular formula is C23H34ClN3O4S. The van der Waals surface area contributed by atoms with Crippen molar-refractivity contribution in [2.75, 3.05) is 32.7 Å². The van der Waals surface area contributed by atoms with Crippen LogP contribution in [0.5, 0.6) is 0 Å². The first-order valence-electron chi connectivity index (χ1n) is 11.7. The summed E-state index contributed by atoms with van der Waals surface area (Å²) in [6, 6.07) is 5.14. The van der Waals surface area contributed by atoms with E-state index >= 15 is 0 Å². The largest absolute Gasteiger partial charge is 0.373 e. The fourth-order valence-electron chi connectivity index (χ4n) is 4.95. The van der Waals surface area contributed by atoms with Gasteiger partial charge in [-0.25, -0.2) is 8.42 Å². The SMILES string of the molecule is CCN1CCC(N(C(=O)c2ccc(Cl)c(S(=O)(=O)N3CC(C)OC(C)C3)c2)C2CC2)CC1. The maximum absolute atomic E-state index is 13.6. The van der Waals surface area contributed by atoms with Gasteiger partial charge in [-0.05, 0) is 64.3 Å². The van der Waals surface area contributed by atoms with Gasteiger partial charge in [-0.15, -0.1) is 0 Å². The van der Waals surface area contributed by atoms with E-state index in [1.165, 1.54) is 10.4 Å². The number of ether oxygens (including phenoxy) is 1. The van der Waals surface area contributed by atoms with Gasteiger partial charge in [-0.2, -0.15) is 4.31 Å². The highest BCUT2D eigenvalue weighted by atomic mass is 35.5. The molecule has 2 aliphatic heterocycles. The van der Waals surface area contributed by atoms with E-state index in [-0.39, 0.29) is 53.2 Å². The van der Waals surface area contributed by atoms with Crippen LogP contribution in [0.1, 0.15) is 56.8 Å². The highest BCUT2D eigenvalue weighted by Crippen LogP contribution is 2.35. The average Bonchev–Trinajstić information content (AvgIpc) is 3.59. The molecule has 1 amide bonds. The quantitative estimate of drug-likeness (QED) is 0.621. The van der Waals surface area contributed by atoms with E-state index < -0.39 is 10.0 Å². The summed E-state index contributed by atoms with van der Waals surface area (Å²) in [5, 5.41) is 0.141. The second-order valence-electron chi connectivity index (χ2n) is 9.33. The van der Waals surface area contributed by atoms with Crippen LogP contribution in [-0.4, -0.2) is 85.4 Å². The van der Waals surface area contributed by atoms with Crippen molar-refractivity contribution in [1.82, 2.24) is 14.1 Å². The summed E-state index contributed by atoms with van der Waals surface area (Å²) in [4.78, 5) is 18.0. The number of halogens is 1. The van der Waals surface area contributed by atoms with Crippen LogP contribution in [0.2, 0.25) is 5.02 Å². The molecule has 0 bridgehead atoms. The normalized spacial score (nSPS) is 26.2. The molecule has 2 atom stereocenters. The minimum absolute atomic E-state index is 0.00265. The molecule has 1 aromatic carbocycles. The number of carbonyl (C=O) groups excluding carboxylic acids is 1. The Balaban J connectivity index is 1.59. The first kappa shape index (κ1) is 24.0. The number of piperidine rings is 1. The Morgan fingerprint density at radius 1 is 1.09 bits per heavy atom. The molecule has 0 radical (unpaired) electrons. The predicted octanol–water partition coefficient (Wildman–Crippen LogP) is 3.23. The Bertz CT molecular complexity index is 935. The highest BCUT2D eigenvalue weighted by molar-refractivity contribution is 7.89. The molecule has 32 heavy (non-hydrogen) atoms. The Hall–Kier alpha value is -1.19. The number of carbonyl (C=O) groups is 1. The van der Waals surface area contributed by atoms with Crippen LogP contribution in [-0.2, 0) is 14.8 Å². The van der Waals surface area contributed by atoms with Gasteiger partial charge in [-0.1, -0.05) is 18.5 Å². The van der Waals surface area contributed by atoms with E-state index in [0.29, 0.717) is 5.56 Å². The lowest BCUT2D eigenvalue weighted by atomic mass is 10.0. The Morgan fingerprint density at radius 3 is 2.25 bits per heavy atom. The van der Waals surface area contributed by atoms with Gasteiger partial charge in [0.1, 0.15) is 4.90 Å². The number of nitrogens with zero attached hydrogens (tertiary/aromatic N) is 3. The molecule has 1 aliphatic carbocycles. The molecule has 0 N–H and O–H groups in total. The number of amides is 1. The van der Waals surface area contributed by atoms with Crippen molar-refractivity contribution in [3.8, 4) is 0 Å². The number of rotatable bonds is 6.